The maximum absolute atomic E-state index is 5.91. The zero-order valence-electron chi connectivity index (χ0n) is 11.0. The van der Waals surface area contributed by atoms with Crippen molar-refractivity contribution in [3.8, 4) is 0 Å². The Kier molecular flexibility index (Phi) is 4.18. The van der Waals surface area contributed by atoms with Crippen molar-refractivity contribution >= 4 is 0 Å². The smallest absolute Gasteiger partial charge is 0.0525 e. The lowest BCUT2D eigenvalue weighted by atomic mass is 9.98. The molecule has 4 nitrogen and oxygen atoms in total. The molecule has 2 atom stereocenters. The summed E-state index contributed by atoms with van der Waals surface area (Å²) >= 11 is 0. The van der Waals surface area contributed by atoms with Gasteiger partial charge in [0, 0.05) is 38.3 Å². The molecule has 1 aliphatic rings. The van der Waals surface area contributed by atoms with E-state index in [-0.39, 0.29) is 0 Å². The van der Waals surface area contributed by atoms with Gasteiger partial charge in [-0.25, -0.2) is 0 Å². The Morgan fingerprint density at radius 3 is 2.94 bits per heavy atom. The van der Waals surface area contributed by atoms with E-state index in [2.05, 4.69) is 23.1 Å². The van der Waals surface area contributed by atoms with Crippen molar-refractivity contribution in [2.75, 3.05) is 19.6 Å². The van der Waals surface area contributed by atoms with Gasteiger partial charge in [0.25, 0.3) is 0 Å². The number of hydrogen-bond acceptors (Lipinski definition) is 3. The summed E-state index contributed by atoms with van der Waals surface area (Å²) in [5.41, 5.74) is 7.18. The van der Waals surface area contributed by atoms with Gasteiger partial charge in [-0.2, -0.15) is 5.10 Å². The van der Waals surface area contributed by atoms with Gasteiger partial charge < -0.3 is 10.6 Å². The summed E-state index contributed by atoms with van der Waals surface area (Å²) < 4.78 is 1.86. The van der Waals surface area contributed by atoms with Gasteiger partial charge in [0.1, 0.15) is 0 Å². The van der Waals surface area contributed by atoms with Crippen molar-refractivity contribution in [2.45, 2.75) is 38.1 Å². The number of nitrogens with two attached hydrogens (primary N) is 1. The molecular formula is C13H24N4. The molecule has 0 spiro atoms. The Morgan fingerprint density at radius 2 is 2.35 bits per heavy atom. The van der Waals surface area contributed by atoms with Gasteiger partial charge in [-0.05, 0) is 31.9 Å². The van der Waals surface area contributed by atoms with Crippen molar-refractivity contribution < 1.29 is 0 Å². The second-order valence-corrected chi connectivity index (χ2v) is 5.22. The number of rotatable bonds is 4. The molecule has 0 aromatic carbocycles. The predicted molar refractivity (Wildman–Crippen MR) is 69.9 cm³/mol. The lowest BCUT2D eigenvalue weighted by molar-refractivity contribution is 0.152. The number of likely N-dealkylation sites (tertiary alicyclic amines) is 1. The maximum atomic E-state index is 5.91. The first-order valence-corrected chi connectivity index (χ1v) is 6.63. The van der Waals surface area contributed by atoms with E-state index in [1.165, 1.54) is 31.4 Å². The summed E-state index contributed by atoms with van der Waals surface area (Å²) in [7, 11) is 1.96. The van der Waals surface area contributed by atoms with Crippen LogP contribution in [0.3, 0.4) is 0 Å². The topological polar surface area (TPSA) is 47.1 Å². The minimum atomic E-state index is 0.421. The minimum absolute atomic E-state index is 0.421. The molecular weight excluding hydrogens is 212 g/mol. The van der Waals surface area contributed by atoms with Gasteiger partial charge in [0.15, 0.2) is 0 Å². The van der Waals surface area contributed by atoms with Crippen molar-refractivity contribution in [1.82, 2.24) is 14.7 Å². The second-order valence-electron chi connectivity index (χ2n) is 5.22. The van der Waals surface area contributed by atoms with Gasteiger partial charge in [-0.15, -0.1) is 0 Å². The molecule has 2 unspecified atom stereocenters. The molecule has 1 fully saturated rings. The summed E-state index contributed by atoms with van der Waals surface area (Å²) in [6.45, 7) is 5.33. The average molecular weight is 236 g/mol. The zero-order chi connectivity index (χ0) is 12.3. The third kappa shape index (κ3) is 3.07. The maximum Gasteiger partial charge on any atom is 0.0525 e. The van der Waals surface area contributed by atoms with Gasteiger partial charge in [0.05, 0.1) is 6.20 Å². The van der Waals surface area contributed by atoms with E-state index < -0.39 is 0 Å². The van der Waals surface area contributed by atoms with Crippen LogP contribution in [0.5, 0.6) is 0 Å². The first kappa shape index (κ1) is 12.6. The fourth-order valence-electron chi connectivity index (χ4n) is 2.68. The molecule has 2 N–H and O–H groups in total. The van der Waals surface area contributed by atoms with E-state index in [0.29, 0.717) is 18.5 Å². The third-order valence-electron chi connectivity index (χ3n) is 3.88. The molecule has 2 heterocycles. The number of piperidine rings is 1. The van der Waals surface area contributed by atoms with Crippen LogP contribution in [0.15, 0.2) is 12.4 Å². The van der Waals surface area contributed by atoms with Crippen LogP contribution in [0.2, 0.25) is 0 Å². The van der Waals surface area contributed by atoms with E-state index in [1.807, 2.05) is 17.9 Å². The number of aromatic nitrogens is 2. The Balaban J connectivity index is 1.99. The van der Waals surface area contributed by atoms with E-state index in [0.717, 1.165) is 6.54 Å². The van der Waals surface area contributed by atoms with Crippen molar-refractivity contribution in [3.63, 3.8) is 0 Å². The summed E-state index contributed by atoms with van der Waals surface area (Å²) in [6.07, 6.45) is 8.06. The van der Waals surface area contributed by atoms with Crippen molar-refractivity contribution in [3.05, 3.63) is 18.0 Å². The monoisotopic (exact) mass is 236 g/mol. The summed E-state index contributed by atoms with van der Waals surface area (Å²) in [4.78, 5) is 2.58. The van der Waals surface area contributed by atoms with Crippen molar-refractivity contribution in [1.29, 1.82) is 0 Å². The highest BCUT2D eigenvalue weighted by atomic mass is 15.2. The standard InChI is InChI=1S/C13H24N4/c1-11-5-3-4-6-17(11)10-12(7-14)13-8-15-16(2)9-13/h8-9,11-12H,3-7,10,14H2,1-2H3. The SMILES string of the molecule is CC1CCCCN1CC(CN)c1cnn(C)c1. The van der Waals surface area contributed by atoms with E-state index in [9.17, 15) is 0 Å². The van der Waals surface area contributed by atoms with Crippen LogP contribution in [0.25, 0.3) is 0 Å². The highest BCUT2D eigenvalue weighted by molar-refractivity contribution is 5.12. The molecule has 96 valence electrons. The van der Waals surface area contributed by atoms with Crippen LogP contribution in [-0.2, 0) is 7.05 Å². The average Bonchev–Trinajstić information content (AvgIpc) is 2.75. The molecule has 17 heavy (non-hydrogen) atoms. The van der Waals surface area contributed by atoms with Crippen LogP contribution >= 0.6 is 0 Å². The molecule has 1 aromatic rings. The molecule has 1 aromatic heterocycles. The second kappa shape index (κ2) is 5.65. The lowest BCUT2D eigenvalue weighted by Crippen LogP contribution is -2.41. The van der Waals surface area contributed by atoms with Crippen LogP contribution in [-0.4, -0.2) is 40.4 Å². The number of aryl methyl sites for hydroxylation is 1. The lowest BCUT2D eigenvalue weighted by Gasteiger charge is -2.35. The highest BCUT2D eigenvalue weighted by Gasteiger charge is 2.22. The molecule has 1 saturated heterocycles. The number of hydrogen-bond donors (Lipinski definition) is 1. The fourth-order valence-corrected chi connectivity index (χ4v) is 2.68. The van der Waals surface area contributed by atoms with Gasteiger partial charge in [0.2, 0.25) is 0 Å². The van der Waals surface area contributed by atoms with Gasteiger partial charge in [-0.3, -0.25) is 4.68 Å². The van der Waals surface area contributed by atoms with Crippen LogP contribution < -0.4 is 5.73 Å². The molecule has 0 aliphatic carbocycles. The van der Waals surface area contributed by atoms with Crippen molar-refractivity contribution in [2.24, 2.45) is 12.8 Å². The Bertz CT molecular complexity index is 347. The normalized spacial score (nSPS) is 23.8. The van der Waals surface area contributed by atoms with Gasteiger partial charge in [-0.1, -0.05) is 6.42 Å². The summed E-state index contributed by atoms with van der Waals surface area (Å²) in [5, 5.41) is 4.24. The number of nitrogens with zero attached hydrogens (tertiary/aromatic N) is 3. The largest absolute Gasteiger partial charge is 0.330 e. The van der Waals surface area contributed by atoms with Crippen LogP contribution in [0.4, 0.5) is 0 Å². The molecule has 1 aliphatic heterocycles. The van der Waals surface area contributed by atoms with Crippen LogP contribution in [0, 0.1) is 0 Å². The molecule has 0 saturated carbocycles. The molecule has 2 rings (SSSR count). The Morgan fingerprint density at radius 1 is 1.53 bits per heavy atom. The zero-order valence-corrected chi connectivity index (χ0v) is 11.0. The first-order chi connectivity index (χ1) is 8.20. The van der Waals surface area contributed by atoms with E-state index in [1.54, 1.807) is 0 Å². The van der Waals surface area contributed by atoms with Gasteiger partial charge >= 0.3 is 0 Å². The quantitative estimate of drug-likeness (QED) is 0.858. The van der Waals surface area contributed by atoms with Crippen LogP contribution in [0.1, 0.15) is 37.7 Å². The summed E-state index contributed by atoms with van der Waals surface area (Å²) in [6, 6.07) is 0.703. The molecule has 0 radical (unpaired) electrons. The fraction of sp³-hybridized carbons (Fsp3) is 0.769. The Labute approximate surface area is 104 Å². The highest BCUT2D eigenvalue weighted by Crippen LogP contribution is 2.21. The van der Waals surface area contributed by atoms with E-state index in [4.69, 9.17) is 5.73 Å². The molecule has 4 heteroatoms. The molecule has 0 bridgehead atoms. The first-order valence-electron chi connectivity index (χ1n) is 6.63. The molecule has 0 amide bonds. The predicted octanol–water partition coefficient (Wildman–Crippen LogP) is 1.34. The summed E-state index contributed by atoms with van der Waals surface area (Å²) in [5.74, 6) is 0.421. The Hall–Kier alpha value is -0.870. The van der Waals surface area contributed by atoms with E-state index >= 15 is 0 Å². The minimum Gasteiger partial charge on any atom is -0.330 e. The third-order valence-corrected chi connectivity index (χ3v) is 3.88.